The van der Waals surface area contributed by atoms with Gasteiger partial charge in [0.1, 0.15) is 0 Å². The number of thiocarbonyl (C=S) groups is 1. The van der Waals surface area contributed by atoms with Crippen LogP contribution in [0, 0.1) is 5.92 Å². The molecule has 0 saturated heterocycles. The van der Waals surface area contributed by atoms with Gasteiger partial charge in [-0.3, -0.25) is 4.79 Å². The first kappa shape index (κ1) is 15.6. The van der Waals surface area contributed by atoms with Crippen molar-refractivity contribution >= 4 is 50.4 Å². The molecular formula is C12H17BrN2OS2. The minimum atomic E-state index is -0.336. The third-order valence-corrected chi connectivity index (χ3v) is 4.47. The number of nitrogens with two attached hydrogens (primary N) is 1. The van der Waals surface area contributed by atoms with E-state index in [0.717, 1.165) is 15.8 Å². The van der Waals surface area contributed by atoms with Gasteiger partial charge < -0.3 is 10.6 Å². The molecule has 100 valence electrons. The van der Waals surface area contributed by atoms with E-state index < -0.39 is 0 Å². The summed E-state index contributed by atoms with van der Waals surface area (Å²) in [4.78, 5) is 14.2. The molecule has 0 spiro atoms. The lowest BCUT2D eigenvalue weighted by Crippen LogP contribution is -2.38. The van der Waals surface area contributed by atoms with Gasteiger partial charge in [0, 0.05) is 13.6 Å². The van der Waals surface area contributed by atoms with Gasteiger partial charge in [0.2, 0.25) is 5.91 Å². The summed E-state index contributed by atoms with van der Waals surface area (Å²) in [6, 6.07) is 2.02. The molecule has 0 aliphatic rings. The Bertz CT molecular complexity index is 433. The Labute approximate surface area is 125 Å². The van der Waals surface area contributed by atoms with Crippen LogP contribution in [0.4, 0.5) is 0 Å². The first-order valence-corrected chi connectivity index (χ1v) is 7.81. The van der Waals surface area contributed by atoms with E-state index >= 15 is 0 Å². The van der Waals surface area contributed by atoms with E-state index in [-0.39, 0.29) is 11.8 Å². The summed E-state index contributed by atoms with van der Waals surface area (Å²) in [5.74, 6) is -0.330. The Balaban J connectivity index is 2.67. The number of carbonyl (C=O) groups is 1. The minimum absolute atomic E-state index is 0.00618. The normalized spacial score (nSPS) is 12.2. The Kier molecular flexibility index (Phi) is 6.25. The van der Waals surface area contributed by atoms with Crippen LogP contribution in [-0.4, -0.2) is 22.8 Å². The average molecular weight is 349 g/mol. The molecule has 6 heteroatoms. The minimum Gasteiger partial charge on any atom is -0.393 e. The van der Waals surface area contributed by atoms with Gasteiger partial charge in [-0.1, -0.05) is 25.6 Å². The van der Waals surface area contributed by atoms with Crippen molar-refractivity contribution in [3.8, 4) is 0 Å². The number of halogens is 1. The van der Waals surface area contributed by atoms with E-state index in [4.69, 9.17) is 18.0 Å². The summed E-state index contributed by atoms with van der Waals surface area (Å²) < 4.78 is 1.07. The topological polar surface area (TPSA) is 46.3 Å². The molecule has 1 atom stereocenters. The second-order valence-corrected chi connectivity index (χ2v) is 6.96. The highest BCUT2D eigenvalue weighted by molar-refractivity contribution is 9.11. The van der Waals surface area contributed by atoms with Crippen molar-refractivity contribution in [1.82, 2.24) is 4.90 Å². The zero-order chi connectivity index (χ0) is 13.7. The molecule has 1 aromatic heterocycles. The predicted molar refractivity (Wildman–Crippen MR) is 83.7 cm³/mol. The van der Waals surface area contributed by atoms with Crippen LogP contribution in [0.15, 0.2) is 15.2 Å². The van der Waals surface area contributed by atoms with Gasteiger partial charge in [-0.2, -0.15) is 0 Å². The molecule has 0 radical (unpaired) electrons. The molecule has 1 unspecified atom stereocenters. The van der Waals surface area contributed by atoms with Gasteiger partial charge in [-0.05, 0) is 39.4 Å². The lowest BCUT2D eigenvalue weighted by molar-refractivity contribution is -0.132. The van der Waals surface area contributed by atoms with Crippen molar-refractivity contribution < 1.29 is 4.79 Å². The first-order chi connectivity index (χ1) is 8.45. The largest absolute Gasteiger partial charge is 0.393 e. The third kappa shape index (κ3) is 4.33. The highest BCUT2D eigenvalue weighted by Gasteiger charge is 2.23. The molecule has 1 amide bonds. The number of nitrogens with zero attached hydrogens (tertiary/aromatic N) is 1. The molecule has 2 N–H and O–H groups in total. The zero-order valence-electron chi connectivity index (χ0n) is 10.5. The molecule has 0 aromatic carbocycles. The SMILES string of the molecule is CCCC(C(=O)N(C)Cc1csc(Br)c1)C(N)=S. The maximum Gasteiger partial charge on any atom is 0.232 e. The first-order valence-electron chi connectivity index (χ1n) is 5.73. The summed E-state index contributed by atoms with van der Waals surface area (Å²) in [6.07, 6.45) is 1.61. The predicted octanol–water partition coefficient (Wildman–Crippen LogP) is 3.17. The van der Waals surface area contributed by atoms with Gasteiger partial charge >= 0.3 is 0 Å². The Morgan fingerprint density at radius 3 is 2.78 bits per heavy atom. The molecule has 0 bridgehead atoms. The lowest BCUT2D eigenvalue weighted by Gasteiger charge is -2.22. The van der Waals surface area contributed by atoms with Crippen LogP contribution in [0.2, 0.25) is 0 Å². The smallest absolute Gasteiger partial charge is 0.232 e. The Hall–Kier alpha value is -0.460. The summed E-state index contributed by atoms with van der Waals surface area (Å²) in [6.45, 7) is 2.61. The molecule has 1 heterocycles. The van der Waals surface area contributed by atoms with E-state index in [1.165, 1.54) is 0 Å². The molecule has 1 rings (SSSR count). The zero-order valence-corrected chi connectivity index (χ0v) is 13.7. The summed E-state index contributed by atoms with van der Waals surface area (Å²) in [7, 11) is 1.79. The fraction of sp³-hybridized carbons (Fsp3) is 0.500. The highest BCUT2D eigenvalue weighted by Crippen LogP contribution is 2.22. The maximum atomic E-state index is 12.2. The molecule has 0 fully saturated rings. The molecule has 1 aromatic rings. The van der Waals surface area contributed by atoms with E-state index in [1.54, 1.807) is 23.3 Å². The molecule has 0 aliphatic carbocycles. The van der Waals surface area contributed by atoms with E-state index in [9.17, 15) is 4.79 Å². The van der Waals surface area contributed by atoms with Crippen molar-refractivity contribution in [2.45, 2.75) is 26.3 Å². The number of hydrogen-bond donors (Lipinski definition) is 1. The van der Waals surface area contributed by atoms with Crippen molar-refractivity contribution in [2.24, 2.45) is 11.7 Å². The molecule has 3 nitrogen and oxygen atoms in total. The van der Waals surface area contributed by atoms with E-state index in [1.807, 2.05) is 18.4 Å². The van der Waals surface area contributed by atoms with Gasteiger partial charge in [0.15, 0.2) is 0 Å². The maximum absolute atomic E-state index is 12.2. The summed E-state index contributed by atoms with van der Waals surface area (Å²) in [5.41, 5.74) is 6.75. The van der Waals surface area contributed by atoms with Crippen LogP contribution >= 0.6 is 39.5 Å². The standard InChI is InChI=1S/C12H17BrN2OS2/c1-3-4-9(11(14)17)12(16)15(2)6-8-5-10(13)18-7-8/h5,7,9H,3-4,6H2,1-2H3,(H2,14,17). The summed E-state index contributed by atoms with van der Waals surface area (Å²) in [5, 5.41) is 2.03. The van der Waals surface area contributed by atoms with Crippen molar-refractivity contribution in [1.29, 1.82) is 0 Å². The van der Waals surface area contributed by atoms with Crippen molar-refractivity contribution in [3.05, 3.63) is 20.8 Å². The second kappa shape index (κ2) is 7.21. The fourth-order valence-electron chi connectivity index (χ4n) is 1.72. The van der Waals surface area contributed by atoms with Crippen LogP contribution in [0.25, 0.3) is 0 Å². The number of carbonyl (C=O) groups excluding carboxylic acids is 1. The lowest BCUT2D eigenvalue weighted by atomic mass is 10.0. The van der Waals surface area contributed by atoms with Gasteiger partial charge in [0.25, 0.3) is 0 Å². The van der Waals surface area contributed by atoms with Crippen LogP contribution in [0.5, 0.6) is 0 Å². The van der Waals surface area contributed by atoms with Crippen molar-refractivity contribution in [2.75, 3.05) is 7.05 Å². The van der Waals surface area contributed by atoms with E-state index in [2.05, 4.69) is 15.9 Å². The van der Waals surface area contributed by atoms with Crippen LogP contribution in [0.1, 0.15) is 25.3 Å². The third-order valence-electron chi connectivity index (χ3n) is 2.64. The van der Waals surface area contributed by atoms with Gasteiger partial charge in [-0.25, -0.2) is 0 Å². The quantitative estimate of drug-likeness (QED) is 0.803. The van der Waals surface area contributed by atoms with Crippen LogP contribution in [-0.2, 0) is 11.3 Å². The fourth-order valence-corrected chi connectivity index (χ4v) is 3.14. The van der Waals surface area contributed by atoms with Crippen LogP contribution < -0.4 is 5.73 Å². The van der Waals surface area contributed by atoms with Gasteiger partial charge in [0.05, 0.1) is 14.7 Å². The molecular weight excluding hydrogens is 332 g/mol. The Morgan fingerprint density at radius 1 is 1.67 bits per heavy atom. The summed E-state index contributed by atoms with van der Waals surface area (Å²) >= 11 is 9.99. The van der Waals surface area contributed by atoms with Crippen molar-refractivity contribution in [3.63, 3.8) is 0 Å². The molecule has 18 heavy (non-hydrogen) atoms. The Morgan fingerprint density at radius 2 is 2.33 bits per heavy atom. The second-order valence-electron chi connectivity index (χ2n) is 4.20. The monoisotopic (exact) mass is 348 g/mol. The average Bonchev–Trinajstić information content (AvgIpc) is 2.70. The highest BCUT2D eigenvalue weighted by atomic mass is 79.9. The number of rotatable bonds is 6. The van der Waals surface area contributed by atoms with Gasteiger partial charge in [-0.15, -0.1) is 11.3 Å². The number of amides is 1. The number of thiophene rings is 1. The molecule has 0 aliphatic heterocycles. The van der Waals surface area contributed by atoms with Crippen LogP contribution in [0.3, 0.4) is 0 Å². The number of hydrogen-bond acceptors (Lipinski definition) is 3. The van der Waals surface area contributed by atoms with E-state index in [0.29, 0.717) is 18.0 Å². The molecule has 0 saturated carbocycles.